The molecule has 2 fully saturated rings. The third-order valence-electron chi connectivity index (χ3n) is 3.53. The molecule has 1 saturated heterocycles. The van der Waals surface area contributed by atoms with Crippen molar-refractivity contribution in [2.75, 3.05) is 13.1 Å². The number of rotatable bonds is 2. The Balaban J connectivity index is 1.56. The molecule has 94 valence electrons. The van der Waals surface area contributed by atoms with E-state index >= 15 is 0 Å². The molecule has 2 heterocycles. The number of urea groups is 1. The van der Waals surface area contributed by atoms with Crippen molar-refractivity contribution in [3.05, 3.63) is 11.6 Å². The van der Waals surface area contributed by atoms with Crippen LogP contribution in [0.5, 0.6) is 0 Å². The van der Waals surface area contributed by atoms with Gasteiger partial charge in [0.15, 0.2) is 0 Å². The second-order valence-electron chi connectivity index (χ2n) is 4.84. The van der Waals surface area contributed by atoms with Gasteiger partial charge in [0.25, 0.3) is 0 Å². The highest BCUT2D eigenvalue weighted by Crippen LogP contribution is 2.31. The van der Waals surface area contributed by atoms with E-state index < -0.39 is 0 Å². The second kappa shape index (κ2) is 4.51. The van der Waals surface area contributed by atoms with Gasteiger partial charge in [-0.15, -0.1) is 0 Å². The Kier molecular flexibility index (Phi) is 3.02. The number of carbonyl (C=O) groups excluding carboxylic acids is 1. The third-order valence-corrected chi connectivity index (χ3v) is 4.58. The summed E-state index contributed by atoms with van der Waals surface area (Å²) in [4.78, 5) is 15.9. The van der Waals surface area contributed by atoms with Crippen molar-refractivity contribution in [3.8, 4) is 0 Å². The minimum atomic E-state index is -0.229. The maximum atomic E-state index is 12.0. The molecule has 3 aliphatic rings. The Hall–Kier alpha value is -0.720. The SMILES string of the molecule is O=C(NC1CCC1)N1C=CSC1N1CC(O)C1. The van der Waals surface area contributed by atoms with Crippen LogP contribution in [0, 0.1) is 0 Å². The van der Waals surface area contributed by atoms with Crippen LogP contribution in [0.4, 0.5) is 4.79 Å². The Bertz CT molecular complexity index is 340. The molecule has 0 aromatic rings. The van der Waals surface area contributed by atoms with Gasteiger partial charge in [0.05, 0.1) is 6.10 Å². The third kappa shape index (κ3) is 2.17. The van der Waals surface area contributed by atoms with Gasteiger partial charge in [-0.3, -0.25) is 9.80 Å². The maximum Gasteiger partial charge on any atom is 0.323 e. The van der Waals surface area contributed by atoms with E-state index in [1.165, 1.54) is 6.42 Å². The molecule has 1 saturated carbocycles. The Morgan fingerprint density at radius 2 is 2.18 bits per heavy atom. The molecule has 5 nitrogen and oxygen atoms in total. The number of likely N-dealkylation sites (tertiary alicyclic amines) is 1. The van der Waals surface area contributed by atoms with Gasteiger partial charge in [0.1, 0.15) is 5.50 Å². The molecule has 2 N–H and O–H groups in total. The molecule has 17 heavy (non-hydrogen) atoms. The molecule has 1 unspecified atom stereocenters. The van der Waals surface area contributed by atoms with Crippen LogP contribution >= 0.6 is 11.8 Å². The van der Waals surface area contributed by atoms with E-state index in [9.17, 15) is 9.90 Å². The molecule has 0 aromatic carbocycles. The summed E-state index contributed by atoms with van der Waals surface area (Å²) in [6.07, 6.45) is 5.02. The zero-order valence-corrected chi connectivity index (χ0v) is 10.4. The molecular formula is C11H17N3O2S. The molecule has 1 atom stereocenters. The fourth-order valence-electron chi connectivity index (χ4n) is 2.21. The largest absolute Gasteiger partial charge is 0.390 e. The number of aliphatic hydroxyl groups is 1. The first-order chi connectivity index (χ1) is 8.24. The molecule has 0 aromatic heterocycles. The number of amides is 2. The molecule has 1 aliphatic carbocycles. The molecule has 2 amide bonds. The summed E-state index contributed by atoms with van der Waals surface area (Å²) in [7, 11) is 0. The molecular weight excluding hydrogens is 238 g/mol. The molecule has 6 heteroatoms. The lowest BCUT2D eigenvalue weighted by Gasteiger charge is -2.43. The van der Waals surface area contributed by atoms with Crippen LogP contribution in [0.2, 0.25) is 0 Å². The lowest BCUT2D eigenvalue weighted by Crippen LogP contribution is -2.60. The molecule has 0 radical (unpaired) electrons. The number of nitrogens with one attached hydrogen (secondary N) is 1. The van der Waals surface area contributed by atoms with Crippen molar-refractivity contribution in [1.82, 2.24) is 15.1 Å². The molecule has 3 rings (SSSR count). The average Bonchev–Trinajstić information content (AvgIpc) is 2.67. The smallest absolute Gasteiger partial charge is 0.323 e. The number of nitrogens with zero attached hydrogens (tertiary/aromatic N) is 2. The van der Waals surface area contributed by atoms with Crippen LogP contribution in [-0.4, -0.2) is 51.7 Å². The standard InChI is InChI=1S/C11H17N3O2S/c15-9-6-13(7-9)11-14(4-5-17-11)10(16)12-8-2-1-3-8/h4-5,8-9,11,15H,1-3,6-7H2,(H,12,16). The minimum Gasteiger partial charge on any atom is -0.390 e. The van der Waals surface area contributed by atoms with Crippen LogP contribution in [0.25, 0.3) is 0 Å². The second-order valence-corrected chi connectivity index (χ2v) is 5.81. The van der Waals surface area contributed by atoms with Crippen LogP contribution in [0.1, 0.15) is 19.3 Å². The number of hydrogen-bond donors (Lipinski definition) is 2. The van der Waals surface area contributed by atoms with E-state index in [0.717, 1.165) is 12.8 Å². The zero-order valence-electron chi connectivity index (χ0n) is 9.58. The van der Waals surface area contributed by atoms with Crippen molar-refractivity contribution in [3.63, 3.8) is 0 Å². The van der Waals surface area contributed by atoms with Crippen LogP contribution < -0.4 is 5.32 Å². The number of thioether (sulfide) groups is 1. The van der Waals surface area contributed by atoms with E-state index in [1.807, 2.05) is 11.6 Å². The lowest BCUT2D eigenvalue weighted by molar-refractivity contribution is -0.0251. The van der Waals surface area contributed by atoms with E-state index in [0.29, 0.717) is 19.1 Å². The summed E-state index contributed by atoms with van der Waals surface area (Å²) >= 11 is 1.62. The average molecular weight is 255 g/mol. The van der Waals surface area contributed by atoms with Gasteiger partial charge in [0.2, 0.25) is 0 Å². The first-order valence-electron chi connectivity index (χ1n) is 6.07. The van der Waals surface area contributed by atoms with Crippen molar-refractivity contribution in [2.24, 2.45) is 0 Å². The minimum absolute atomic E-state index is 0.0117. The number of carbonyl (C=O) groups is 1. The normalized spacial score (nSPS) is 30.2. The predicted molar refractivity (Wildman–Crippen MR) is 66.1 cm³/mol. The first kappa shape index (κ1) is 11.4. The van der Waals surface area contributed by atoms with Gasteiger partial charge in [-0.1, -0.05) is 11.8 Å². The summed E-state index contributed by atoms with van der Waals surface area (Å²) in [5, 5.41) is 14.3. The number of hydrogen-bond acceptors (Lipinski definition) is 4. The van der Waals surface area contributed by atoms with Crippen molar-refractivity contribution >= 4 is 17.8 Å². The number of aliphatic hydroxyl groups excluding tert-OH is 1. The van der Waals surface area contributed by atoms with Crippen LogP contribution in [0.15, 0.2) is 11.6 Å². The van der Waals surface area contributed by atoms with Crippen molar-refractivity contribution < 1.29 is 9.90 Å². The summed E-state index contributed by atoms with van der Waals surface area (Å²) < 4.78 is 0. The van der Waals surface area contributed by atoms with Gasteiger partial charge in [-0.25, -0.2) is 4.79 Å². The van der Waals surface area contributed by atoms with E-state index in [2.05, 4.69) is 10.2 Å². The topological polar surface area (TPSA) is 55.8 Å². The molecule has 2 aliphatic heterocycles. The molecule has 0 spiro atoms. The van der Waals surface area contributed by atoms with E-state index in [-0.39, 0.29) is 17.6 Å². The van der Waals surface area contributed by atoms with E-state index in [4.69, 9.17) is 0 Å². The highest BCUT2D eigenvalue weighted by Gasteiger charge is 2.38. The van der Waals surface area contributed by atoms with Crippen molar-refractivity contribution in [1.29, 1.82) is 0 Å². The lowest BCUT2D eigenvalue weighted by atomic mass is 9.93. The quantitative estimate of drug-likeness (QED) is 0.764. The zero-order chi connectivity index (χ0) is 11.8. The van der Waals surface area contributed by atoms with Crippen LogP contribution in [-0.2, 0) is 0 Å². The van der Waals surface area contributed by atoms with Gasteiger partial charge >= 0.3 is 6.03 Å². The highest BCUT2D eigenvalue weighted by atomic mass is 32.2. The fourth-order valence-corrected chi connectivity index (χ4v) is 3.19. The van der Waals surface area contributed by atoms with Gasteiger partial charge in [0, 0.05) is 25.3 Å². The number of β-amino-alcohol motifs (C(OH)–C–C–N with tert-alkyl or cyclic N) is 1. The molecule has 0 bridgehead atoms. The fraction of sp³-hybridized carbons (Fsp3) is 0.727. The van der Waals surface area contributed by atoms with Crippen molar-refractivity contribution in [2.45, 2.75) is 36.9 Å². The maximum absolute atomic E-state index is 12.0. The summed E-state index contributed by atoms with van der Waals surface area (Å²) in [6.45, 7) is 1.32. The predicted octanol–water partition coefficient (Wildman–Crippen LogP) is 0.729. The highest BCUT2D eigenvalue weighted by molar-refractivity contribution is 8.02. The summed E-state index contributed by atoms with van der Waals surface area (Å²) in [5.41, 5.74) is 0.0264. The van der Waals surface area contributed by atoms with Gasteiger partial charge in [-0.2, -0.15) is 0 Å². The summed E-state index contributed by atoms with van der Waals surface area (Å²) in [6, 6.07) is 0.353. The van der Waals surface area contributed by atoms with Gasteiger partial charge < -0.3 is 10.4 Å². The monoisotopic (exact) mass is 255 g/mol. The van der Waals surface area contributed by atoms with Gasteiger partial charge in [-0.05, 0) is 24.7 Å². The first-order valence-corrected chi connectivity index (χ1v) is 7.01. The van der Waals surface area contributed by atoms with E-state index in [1.54, 1.807) is 16.7 Å². The summed E-state index contributed by atoms with van der Waals surface area (Å²) in [5.74, 6) is 0. The Labute approximate surface area is 105 Å². The Morgan fingerprint density at radius 3 is 2.76 bits per heavy atom. The van der Waals surface area contributed by atoms with Crippen LogP contribution in [0.3, 0.4) is 0 Å². The Morgan fingerprint density at radius 1 is 1.41 bits per heavy atom.